The first-order chi connectivity index (χ1) is 11.6. The number of benzene rings is 1. The van der Waals surface area contributed by atoms with E-state index in [2.05, 4.69) is 22.1 Å². The van der Waals surface area contributed by atoms with Crippen LogP contribution in [0, 0.1) is 5.92 Å². The summed E-state index contributed by atoms with van der Waals surface area (Å²) >= 11 is 0. The predicted molar refractivity (Wildman–Crippen MR) is 96.4 cm³/mol. The molecule has 2 N–H and O–H groups in total. The SMILES string of the molecule is C[C@@H](CNC(=O)c1cc(=O)[nH]c2ccccc12)CN1CCCCC1. The standard InChI is InChI=1S/C19H25N3O2/c1-14(13-22-9-5-2-6-10-22)12-20-19(24)16-11-18(23)21-17-8-4-3-7-15(16)17/h3-4,7-8,11,14H,2,5-6,9-10,12-13H2,1H3,(H,20,24)(H,21,23)/t14-/m0/s1. The molecule has 0 bridgehead atoms. The molecule has 1 aliphatic heterocycles. The molecule has 2 heterocycles. The Hall–Kier alpha value is -2.14. The Labute approximate surface area is 142 Å². The third-order valence-electron chi connectivity index (χ3n) is 4.62. The summed E-state index contributed by atoms with van der Waals surface area (Å²) in [6.45, 7) is 6.12. The van der Waals surface area contributed by atoms with Crippen LogP contribution in [-0.4, -0.2) is 42.0 Å². The highest BCUT2D eigenvalue weighted by molar-refractivity contribution is 6.05. The van der Waals surface area contributed by atoms with Gasteiger partial charge in [0.15, 0.2) is 0 Å². The van der Waals surface area contributed by atoms with Crippen LogP contribution in [0.25, 0.3) is 10.9 Å². The molecule has 1 aliphatic rings. The number of hydrogen-bond donors (Lipinski definition) is 2. The number of aromatic amines is 1. The number of likely N-dealkylation sites (tertiary alicyclic amines) is 1. The molecule has 5 heteroatoms. The number of carbonyl (C=O) groups excluding carboxylic acids is 1. The molecule has 128 valence electrons. The van der Waals surface area contributed by atoms with Gasteiger partial charge in [0.2, 0.25) is 5.56 Å². The van der Waals surface area contributed by atoms with Gasteiger partial charge in [0, 0.05) is 30.1 Å². The van der Waals surface area contributed by atoms with Crippen LogP contribution < -0.4 is 10.9 Å². The van der Waals surface area contributed by atoms with Crippen molar-refractivity contribution in [2.45, 2.75) is 26.2 Å². The third-order valence-corrected chi connectivity index (χ3v) is 4.62. The van der Waals surface area contributed by atoms with E-state index in [1.165, 1.54) is 25.3 Å². The molecule has 0 aliphatic carbocycles. The lowest BCUT2D eigenvalue weighted by Crippen LogP contribution is -2.38. The number of para-hydroxylation sites is 1. The van der Waals surface area contributed by atoms with E-state index in [-0.39, 0.29) is 11.5 Å². The Kier molecular flexibility index (Phi) is 5.30. The Morgan fingerprint density at radius 3 is 2.79 bits per heavy atom. The van der Waals surface area contributed by atoms with E-state index in [4.69, 9.17) is 0 Å². The van der Waals surface area contributed by atoms with Gasteiger partial charge in [0.05, 0.1) is 5.56 Å². The summed E-state index contributed by atoms with van der Waals surface area (Å²) in [4.78, 5) is 29.5. The molecule has 3 rings (SSSR count). The molecule has 2 aromatic rings. The van der Waals surface area contributed by atoms with Crippen LogP contribution in [0.4, 0.5) is 0 Å². The first kappa shape index (κ1) is 16.7. The summed E-state index contributed by atoms with van der Waals surface area (Å²) < 4.78 is 0. The first-order valence-corrected chi connectivity index (χ1v) is 8.76. The van der Waals surface area contributed by atoms with Gasteiger partial charge in [-0.3, -0.25) is 9.59 Å². The average molecular weight is 327 g/mol. The molecule has 1 aromatic heterocycles. The zero-order valence-electron chi connectivity index (χ0n) is 14.2. The lowest BCUT2D eigenvalue weighted by molar-refractivity contribution is 0.0944. The van der Waals surface area contributed by atoms with Crippen LogP contribution in [0.3, 0.4) is 0 Å². The number of carbonyl (C=O) groups is 1. The van der Waals surface area contributed by atoms with Gasteiger partial charge in [0.25, 0.3) is 5.91 Å². The quantitative estimate of drug-likeness (QED) is 0.886. The van der Waals surface area contributed by atoms with Crippen LogP contribution in [-0.2, 0) is 0 Å². The molecule has 0 unspecified atom stereocenters. The van der Waals surface area contributed by atoms with Crippen molar-refractivity contribution >= 4 is 16.8 Å². The molecular formula is C19H25N3O2. The summed E-state index contributed by atoms with van der Waals surface area (Å²) in [6, 6.07) is 8.77. The molecule has 1 saturated heterocycles. The molecule has 0 radical (unpaired) electrons. The van der Waals surface area contributed by atoms with E-state index < -0.39 is 0 Å². The largest absolute Gasteiger partial charge is 0.352 e. The van der Waals surface area contributed by atoms with Crippen molar-refractivity contribution in [1.29, 1.82) is 0 Å². The van der Waals surface area contributed by atoms with Gasteiger partial charge in [0.1, 0.15) is 0 Å². The lowest BCUT2D eigenvalue weighted by atomic mass is 10.1. The number of rotatable bonds is 5. The van der Waals surface area contributed by atoms with Crippen molar-refractivity contribution in [1.82, 2.24) is 15.2 Å². The highest BCUT2D eigenvalue weighted by Gasteiger charge is 2.16. The Morgan fingerprint density at radius 1 is 1.25 bits per heavy atom. The van der Waals surface area contributed by atoms with E-state index in [1.54, 1.807) is 0 Å². The maximum atomic E-state index is 12.5. The van der Waals surface area contributed by atoms with Gasteiger partial charge >= 0.3 is 0 Å². The normalized spacial score (nSPS) is 16.9. The molecular weight excluding hydrogens is 302 g/mol. The van der Waals surface area contributed by atoms with Crippen molar-refractivity contribution in [2.24, 2.45) is 5.92 Å². The minimum atomic E-state index is -0.250. The number of piperidine rings is 1. The number of nitrogens with one attached hydrogen (secondary N) is 2. The van der Waals surface area contributed by atoms with Crippen LogP contribution in [0.15, 0.2) is 35.1 Å². The second-order valence-electron chi connectivity index (χ2n) is 6.77. The summed E-state index contributed by atoms with van der Waals surface area (Å²) in [7, 11) is 0. The van der Waals surface area contributed by atoms with E-state index >= 15 is 0 Å². The highest BCUT2D eigenvalue weighted by Crippen LogP contribution is 2.15. The summed E-state index contributed by atoms with van der Waals surface area (Å²) in [6.07, 6.45) is 3.88. The molecule has 1 fully saturated rings. The summed E-state index contributed by atoms with van der Waals surface area (Å²) in [5.74, 6) is 0.211. The fraction of sp³-hybridized carbons (Fsp3) is 0.474. The minimum Gasteiger partial charge on any atom is -0.352 e. The number of fused-ring (bicyclic) bond motifs is 1. The molecule has 1 atom stereocenters. The Balaban J connectivity index is 1.63. The summed E-state index contributed by atoms with van der Waals surface area (Å²) in [5, 5.41) is 3.77. The Bertz CT molecular complexity index is 763. The number of aromatic nitrogens is 1. The molecule has 1 aromatic carbocycles. The number of H-pyrrole nitrogens is 1. The van der Waals surface area contributed by atoms with Gasteiger partial charge in [-0.2, -0.15) is 0 Å². The van der Waals surface area contributed by atoms with Crippen molar-refractivity contribution in [3.8, 4) is 0 Å². The number of nitrogens with zero attached hydrogens (tertiary/aromatic N) is 1. The van der Waals surface area contributed by atoms with E-state index in [9.17, 15) is 9.59 Å². The maximum Gasteiger partial charge on any atom is 0.252 e. The second kappa shape index (κ2) is 7.62. The van der Waals surface area contributed by atoms with Gasteiger partial charge in [-0.05, 0) is 37.9 Å². The van der Waals surface area contributed by atoms with Crippen LogP contribution in [0.2, 0.25) is 0 Å². The topological polar surface area (TPSA) is 65.2 Å². The van der Waals surface area contributed by atoms with Crippen molar-refractivity contribution < 1.29 is 4.79 Å². The molecule has 0 saturated carbocycles. The van der Waals surface area contributed by atoms with Crippen molar-refractivity contribution in [3.05, 3.63) is 46.2 Å². The van der Waals surface area contributed by atoms with Crippen LogP contribution in [0.1, 0.15) is 36.5 Å². The van der Waals surface area contributed by atoms with Gasteiger partial charge < -0.3 is 15.2 Å². The maximum absolute atomic E-state index is 12.5. The minimum absolute atomic E-state index is 0.178. The molecule has 5 nitrogen and oxygen atoms in total. The third kappa shape index (κ3) is 4.03. The fourth-order valence-electron chi connectivity index (χ4n) is 3.40. The van der Waals surface area contributed by atoms with Crippen LogP contribution >= 0.6 is 0 Å². The monoisotopic (exact) mass is 327 g/mol. The number of amides is 1. The van der Waals surface area contributed by atoms with E-state index in [0.29, 0.717) is 23.5 Å². The van der Waals surface area contributed by atoms with Gasteiger partial charge in [-0.1, -0.05) is 31.5 Å². The van der Waals surface area contributed by atoms with Gasteiger partial charge in [-0.15, -0.1) is 0 Å². The lowest BCUT2D eigenvalue weighted by Gasteiger charge is -2.29. The zero-order valence-corrected chi connectivity index (χ0v) is 14.2. The number of hydrogen-bond acceptors (Lipinski definition) is 3. The highest BCUT2D eigenvalue weighted by atomic mass is 16.2. The van der Waals surface area contributed by atoms with E-state index in [0.717, 1.165) is 25.0 Å². The van der Waals surface area contributed by atoms with Crippen molar-refractivity contribution in [3.63, 3.8) is 0 Å². The second-order valence-corrected chi connectivity index (χ2v) is 6.77. The predicted octanol–water partition coefficient (Wildman–Crippen LogP) is 2.38. The number of pyridine rings is 1. The van der Waals surface area contributed by atoms with Crippen LogP contribution in [0.5, 0.6) is 0 Å². The van der Waals surface area contributed by atoms with Gasteiger partial charge in [-0.25, -0.2) is 0 Å². The van der Waals surface area contributed by atoms with Crippen molar-refractivity contribution in [2.75, 3.05) is 26.2 Å². The average Bonchev–Trinajstić information content (AvgIpc) is 2.59. The smallest absolute Gasteiger partial charge is 0.252 e. The molecule has 1 amide bonds. The first-order valence-electron chi connectivity index (χ1n) is 8.76. The fourth-order valence-corrected chi connectivity index (χ4v) is 3.40. The van der Waals surface area contributed by atoms with E-state index in [1.807, 2.05) is 24.3 Å². The molecule has 0 spiro atoms. The zero-order chi connectivity index (χ0) is 16.9. The molecule has 24 heavy (non-hydrogen) atoms. The Morgan fingerprint density at radius 2 is 2.00 bits per heavy atom. The summed E-state index contributed by atoms with van der Waals surface area (Å²) in [5.41, 5.74) is 0.885.